The van der Waals surface area contributed by atoms with E-state index in [0.717, 1.165) is 18.4 Å². The summed E-state index contributed by atoms with van der Waals surface area (Å²) >= 11 is 0. The second kappa shape index (κ2) is 15.4. The number of nitrogens with one attached hydrogen (secondary N) is 3. The van der Waals surface area contributed by atoms with Crippen molar-refractivity contribution in [2.24, 2.45) is 11.7 Å². The van der Waals surface area contributed by atoms with Gasteiger partial charge in [0.15, 0.2) is 0 Å². The molecule has 36 heavy (non-hydrogen) atoms. The highest BCUT2D eigenvalue weighted by atomic mass is 16.2. The van der Waals surface area contributed by atoms with Gasteiger partial charge in [0.25, 0.3) is 0 Å². The fraction of sp³-hybridized carbons (Fsp3) is 0.533. The summed E-state index contributed by atoms with van der Waals surface area (Å²) in [6, 6.07) is 16.0. The first-order valence-corrected chi connectivity index (χ1v) is 13.4. The van der Waals surface area contributed by atoms with Gasteiger partial charge in [-0.15, -0.1) is 0 Å². The number of amides is 2. The third kappa shape index (κ3) is 10.5. The summed E-state index contributed by atoms with van der Waals surface area (Å²) < 4.78 is 0. The van der Waals surface area contributed by atoms with E-state index in [1.165, 1.54) is 16.7 Å². The van der Waals surface area contributed by atoms with E-state index in [-0.39, 0.29) is 23.9 Å². The van der Waals surface area contributed by atoms with Crippen LogP contribution in [0.5, 0.6) is 0 Å². The summed E-state index contributed by atoms with van der Waals surface area (Å²) in [5, 5.41) is 9.35. The number of rotatable bonds is 15. The second-order valence-electron chi connectivity index (χ2n) is 10.5. The monoisotopic (exact) mass is 494 g/mol. The number of benzene rings is 2. The minimum absolute atomic E-state index is 0.0260. The fourth-order valence-corrected chi connectivity index (χ4v) is 4.23. The van der Waals surface area contributed by atoms with E-state index < -0.39 is 6.04 Å². The van der Waals surface area contributed by atoms with E-state index in [1.54, 1.807) is 0 Å². The number of carbonyl (C=O) groups excluding carboxylic acids is 2. The number of carbonyl (C=O) groups is 2. The molecule has 0 radical (unpaired) electrons. The molecule has 0 bridgehead atoms. The van der Waals surface area contributed by atoms with Crippen molar-refractivity contribution < 1.29 is 9.59 Å². The number of nitrogens with two attached hydrogens (primary N) is 1. The lowest BCUT2D eigenvalue weighted by Gasteiger charge is -2.22. The van der Waals surface area contributed by atoms with Gasteiger partial charge in [0.2, 0.25) is 11.8 Å². The van der Waals surface area contributed by atoms with Gasteiger partial charge >= 0.3 is 0 Å². The van der Waals surface area contributed by atoms with E-state index in [2.05, 4.69) is 67.1 Å². The summed E-state index contributed by atoms with van der Waals surface area (Å²) in [5.41, 5.74) is 10.7. The first-order chi connectivity index (χ1) is 17.2. The lowest BCUT2D eigenvalue weighted by molar-refractivity contribution is -0.123. The third-order valence-electron chi connectivity index (χ3n) is 6.31. The molecule has 6 nitrogen and oxygen atoms in total. The minimum Gasteiger partial charge on any atom is -0.355 e. The normalized spacial score (nSPS) is 13.0. The van der Waals surface area contributed by atoms with Gasteiger partial charge in [-0.3, -0.25) is 9.59 Å². The van der Waals surface area contributed by atoms with Crippen molar-refractivity contribution in [1.82, 2.24) is 16.0 Å². The van der Waals surface area contributed by atoms with E-state index in [0.29, 0.717) is 38.3 Å². The summed E-state index contributed by atoms with van der Waals surface area (Å²) in [6.07, 6.45) is 3.86. The molecular weight excluding hydrogens is 448 g/mol. The topological polar surface area (TPSA) is 96.2 Å². The Morgan fingerprint density at radius 3 is 2.08 bits per heavy atom. The predicted octanol–water partition coefficient (Wildman–Crippen LogP) is 4.35. The summed E-state index contributed by atoms with van der Waals surface area (Å²) in [6.45, 7) is 11.7. The van der Waals surface area contributed by atoms with Crippen LogP contribution in [0.25, 0.3) is 11.1 Å². The van der Waals surface area contributed by atoms with E-state index in [1.807, 2.05) is 32.0 Å². The van der Waals surface area contributed by atoms with Gasteiger partial charge in [-0.2, -0.15) is 0 Å². The Hall–Kier alpha value is -2.70. The molecule has 2 aromatic carbocycles. The van der Waals surface area contributed by atoms with Crippen LogP contribution in [0.2, 0.25) is 0 Å². The van der Waals surface area contributed by atoms with Crippen LogP contribution in [0, 0.1) is 12.8 Å². The van der Waals surface area contributed by atoms with Crippen LogP contribution < -0.4 is 21.7 Å². The molecule has 0 unspecified atom stereocenters. The molecule has 0 spiro atoms. The van der Waals surface area contributed by atoms with Crippen molar-refractivity contribution in [2.75, 3.05) is 13.1 Å². The van der Waals surface area contributed by atoms with Gasteiger partial charge in [0.1, 0.15) is 0 Å². The molecule has 2 amide bonds. The van der Waals surface area contributed by atoms with Crippen molar-refractivity contribution in [3.8, 4) is 11.1 Å². The maximum atomic E-state index is 13.0. The first-order valence-electron chi connectivity index (χ1n) is 13.4. The van der Waals surface area contributed by atoms with Crippen LogP contribution in [0.3, 0.4) is 0 Å². The van der Waals surface area contributed by atoms with Crippen LogP contribution in [0.15, 0.2) is 48.5 Å². The molecule has 0 heterocycles. The zero-order valence-electron chi connectivity index (χ0n) is 22.8. The van der Waals surface area contributed by atoms with Crippen molar-refractivity contribution in [3.63, 3.8) is 0 Å². The number of hydrogen-bond acceptors (Lipinski definition) is 4. The average molecular weight is 495 g/mol. The Morgan fingerprint density at radius 1 is 0.833 bits per heavy atom. The summed E-state index contributed by atoms with van der Waals surface area (Å²) in [7, 11) is 0. The maximum absolute atomic E-state index is 13.0. The average Bonchev–Trinajstić information content (AvgIpc) is 2.84. The highest BCUT2D eigenvalue weighted by Crippen LogP contribution is 2.23. The lowest BCUT2D eigenvalue weighted by Crippen LogP contribution is -2.48. The lowest BCUT2D eigenvalue weighted by atomic mass is 9.95. The molecule has 0 saturated heterocycles. The zero-order chi connectivity index (χ0) is 26.5. The Morgan fingerprint density at radius 2 is 1.47 bits per heavy atom. The molecule has 0 saturated carbocycles. The molecular formula is C30H46N4O2. The Labute approximate surface area is 217 Å². The third-order valence-corrected chi connectivity index (χ3v) is 6.31. The molecule has 0 aliphatic heterocycles. The highest BCUT2D eigenvalue weighted by Gasteiger charge is 2.21. The SMILES string of the molecule is Cc1cc(-c2ccccc2)ccc1C[C@@H](NC(C)C)C(=O)NCCC[C@H](N)C(=O)NCCCC(C)C. The largest absolute Gasteiger partial charge is 0.355 e. The number of hydrogen-bond donors (Lipinski definition) is 4. The zero-order valence-corrected chi connectivity index (χ0v) is 22.8. The quantitative estimate of drug-likeness (QED) is 0.277. The smallest absolute Gasteiger partial charge is 0.237 e. The molecule has 2 rings (SSSR count). The Bertz CT molecular complexity index is 943. The molecule has 0 aliphatic carbocycles. The van der Waals surface area contributed by atoms with Crippen LogP contribution in [0.1, 0.15) is 64.5 Å². The van der Waals surface area contributed by atoms with Gasteiger partial charge in [0.05, 0.1) is 12.1 Å². The van der Waals surface area contributed by atoms with Gasteiger partial charge in [0, 0.05) is 19.1 Å². The Kier molecular flexibility index (Phi) is 12.6. The van der Waals surface area contributed by atoms with Crippen LogP contribution in [0.4, 0.5) is 0 Å². The standard InChI is InChI=1S/C30H46N4O2/c1-21(2)11-9-17-32-29(35)27(31)14-10-18-33-30(36)28(34-22(3)4)20-25-15-16-26(19-23(25)5)24-12-7-6-8-13-24/h6-8,12-13,15-16,19,21-22,27-28,34H,9-11,14,17-18,20,31H2,1-5H3,(H,32,35)(H,33,36)/t27-,28+/m0/s1. The van der Waals surface area contributed by atoms with Crippen LogP contribution in [-0.4, -0.2) is 43.0 Å². The first kappa shape index (κ1) is 29.5. The molecule has 0 fully saturated rings. The van der Waals surface area contributed by atoms with Gasteiger partial charge in [-0.25, -0.2) is 0 Å². The Balaban J connectivity index is 1.84. The summed E-state index contributed by atoms with van der Waals surface area (Å²) in [4.78, 5) is 25.2. The van der Waals surface area contributed by atoms with E-state index in [4.69, 9.17) is 5.73 Å². The molecule has 0 aromatic heterocycles. The van der Waals surface area contributed by atoms with Crippen molar-refractivity contribution >= 4 is 11.8 Å². The van der Waals surface area contributed by atoms with E-state index >= 15 is 0 Å². The molecule has 0 aliphatic rings. The molecule has 6 heteroatoms. The molecule has 2 atom stereocenters. The summed E-state index contributed by atoms with van der Waals surface area (Å²) in [5.74, 6) is 0.492. The second-order valence-corrected chi connectivity index (χ2v) is 10.5. The van der Waals surface area contributed by atoms with Crippen LogP contribution in [-0.2, 0) is 16.0 Å². The van der Waals surface area contributed by atoms with Crippen molar-refractivity contribution in [3.05, 3.63) is 59.7 Å². The maximum Gasteiger partial charge on any atom is 0.237 e. The highest BCUT2D eigenvalue weighted by molar-refractivity contribution is 5.82. The molecule has 5 N–H and O–H groups in total. The number of aryl methyl sites for hydroxylation is 1. The predicted molar refractivity (Wildman–Crippen MR) is 150 cm³/mol. The van der Waals surface area contributed by atoms with Gasteiger partial charge in [-0.05, 0) is 67.2 Å². The van der Waals surface area contributed by atoms with Gasteiger partial charge in [-0.1, -0.05) is 76.2 Å². The van der Waals surface area contributed by atoms with Crippen molar-refractivity contribution in [1.29, 1.82) is 0 Å². The van der Waals surface area contributed by atoms with Crippen LogP contribution >= 0.6 is 0 Å². The van der Waals surface area contributed by atoms with E-state index in [9.17, 15) is 9.59 Å². The molecule has 2 aromatic rings. The minimum atomic E-state index is -0.545. The van der Waals surface area contributed by atoms with Crippen molar-refractivity contribution in [2.45, 2.75) is 84.8 Å². The van der Waals surface area contributed by atoms with Gasteiger partial charge < -0.3 is 21.7 Å². The molecule has 198 valence electrons. The fourth-order valence-electron chi connectivity index (χ4n) is 4.23.